The lowest BCUT2D eigenvalue weighted by atomic mass is 9.83. The molecule has 2 aromatic rings. The van der Waals surface area contributed by atoms with Crippen LogP contribution in [0.3, 0.4) is 0 Å². The van der Waals surface area contributed by atoms with Crippen LogP contribution in [0.5, 0.6) is 0 Å². The number of benzene rings is 2. The van der Waals surface area contributed by atoms with Gasteiger partial charge in [-0.15, -0.1) is 0 Å². The normalized spacial score (nSPS) is 20.7. The molecule has 0 saturated carbocycles. The molecule has 1 heterocycles. The van der Waals surface area contributed by atoms with Crippen LogP contribution >= 0.6 is 0 Å². The van der Waals surface area contributed by atoms with Crippen LogP contribution in [0.1, 0.15) is 34.1 Å². The van der Waals surface area contributed by atoms with Gasteiger partial charge in [0, 0.05) is 11.8 Å². The highest BCUT2D eigenvalue weighted by atomic mass is 32.2. The predicted molar refractivity (Wildman–Crippen MR) is 98.3 cm³/mol. The molecule has 0 amide bonds. The Balaban J connectivity index is 2.20. The van der Waals surface area contributed by atoms with E-state index >= 15 is 0 Å². The van der Waals surface area contributed by atoms with Gasteiger partial charge in [0.25, 0.3) is 20.2 Å². The molecule has 1 aliphatic heterocycles. The Morgan fingerprint density at radius 2 is 1.15 bits per heavy atom. The third-order valence-corrected chi connectivity index (χ3v) is 6.62. The largest absolute Gasteiger partial charge is 0.380 e. The van der Waals surface area contributed by atoms with Crippen molar-refractivity contribution in [2.24, 2.45) is 0 Å². The predicted octanol–water partition coefficient (Wildman–Crippen LogP) is 2.69. The SMILES string of the molecule is Cc1ccc(S(=O)(=O)O)c(C2COCC2c2cc(C)ccc2S(=O)(=O)O)c1. The van der Waals surface area contributed by atoms with E-state index in [1.807, 2.05) is 0 Å². The molecule has 146 valence electrons. The number of aryl methyl sites for hydroxylation is 2. The quantitative estimate of drug-likeness (QED) is 0.741. The van der Waals surface area contributed by atoms with Gasteiger partial charge >= 0.3 is 0 Å². The minimum Gasteiger partial charge on any atom is -0.380 e. The molecule has 0 aromatic heterocycles. The summed E-state index contributed by atoms with van der Waals surface area (Å²) in [5, 5.41) is 0. The van der Waals surface area contributed by atoms with E-state index in [4.69, 9.17) is 4.74 Å². The van der Waals surface area contributed by atoms with Crippen molar-refractivity contribution in [1.29, 1.82) is 0 Å². The summed E-state index contributed by atoms with van der Waals surface area (Å²) in [5.41, 5.74) is 2.31. The van der Waals surface area contributed by atoms with Crippen molar-refractivity contribution >= 4 is 20.2 Å². The van der Waals surface area contributed by atoms with E-state index in [0.717, 1.165) is 11.1 Å². The number of hydrogen-bond donors (Lipinski definition) is 2. The van der Waals surface area contributed by atoms with Gasteiger partial charge in [0.1, 0.15) is 0 Å². The molecule has 9 heteroatoms. The van der Waals surface area contributed by atoms with Gasteiger partial charge in [-0.1, -0.05) is 35.4 Å². The molecule has 0 bridgehead atoms. The van der Waals surface area contributed by atoms with Crippen LogP contribution in [-0.2, 0) is 25.0 Å². The Labute approximate surface area is 158 Å². The van der Waals surface area contributed by atoms with E-state index in [1.54, 1.807) is 38.1 Å². The third kappa shape index (κ3) is 4.07. The Kier molecular flexibility index (Phi) is 5.17. The summed E-state index contributed by atoms with van der Waals surface area (Å²) in [6.07, 6.45) is 0. The summed E-state index contributed by atoms with van der Waals surface area (Å²) in [6.45, 7) is 3.90. The minimum absolute atomic E-state index is 0.162. The molecule has 0 aliphatic carbocycles. The molecular formula is C18H20O7S2. The van der Waals surface area contributed by atoms with Crippen molar-refractivity contribution in [3.05, 3.63) is 58.7 Å². The topological polar surface area (TPSA) is 118 Å². The maximum Gasteiger partial charge on any atom is 0.294 e. The van der Waals surface area contributed by atoms with Crippen LogP contribution < -0.4 is 0 Å². The molecule has 2 unspecified atom stereocenters. The van der Waals surface area contributed by atoms with Crippen LogP contribution in [0.4, 0.5) is 0 Å². The van der Waals surface area contributed by atoms with Crippen molar-refractivity contribution in [1.82, 2.24) is 0 Å². The minimum atomic E-state index is -4.46. The van der Waals surface area contributed by atoms with E-state index in [9.17, 15) is 25.9 Å². The summed E-state index contributed by atoms with van der Waals surface area (Å²) < 4.78 is 72.0. The first-order valence-corrected chi connectivity index (χ1v) is 11.1. The monoisotopic (exact) mass is 412 g/mol. The van der Waals surface area contributed by atoms with E-state index < -0.39 is 32.1 Å². The van der Waals surface area contributed by atoms with Crippen molar-refractivity contribution < 1.29 is 30.7 Å². The molecule has 2 N–H and O–H groups in total. The Morgan fingerprint density at radius 3 is 1.48 bits per heavy atom. The van der Waals surface area contributed by atoms with E-state index in [1.165, 1.54) is 12.1 Å². The van der Waals surface area contributed by atoms with E-state index in [2.05, 4.69) is 0 Å². The maximum absolute atomic E-state index is 11.8. The number of rotatable bonds is 4. The van der Waals surface area contributed by atoms with Crippen LogP contribution in [0, 0.1) is 13.8 Å². The Hall–Kier alpha value is -1.78. The number of hydrogen-bond acceptors (Lipinski definition) is 5. The molecule has 0 spiro atoms. The van der Waals surface area contributed by atoms with Gasteiger partial charge < -0.3 is 4.74 Å². The second kappa shape index (κ2) is 6.99. The average molecular weight is 412 g/mol. The molecule has 2 atom stereocenters. The van der Waals surface area contributed by atoms with Gasteiger partial charge in [-0.05, 0) is 37.1 Å². The fourth-order valence-electron chi connectivity index (χ4n) is 3.55. The third-order valence-electron chi connectivity index (χ3n) is 4.77. The molecule has 27 heavy (non-hydrogen) atoms. The molecule has 3 rings (SSSR count). The first-order chi connectivity index (χ1) is 12.5. The molecule has 1 saturated heterocycles. The standard InChI is InChI=1S/C18H20O7S2/c1-11-3-5-17(26(19,20)21)13(7-11)15-9-25-10-16(15)14-8-12(2)4-6-18(14)27(22,23)24/h3-8,15-16H,9-10H2,1-2H3,(H,19,20,21)(H,22,23,24). The first-order valence-electron chi connectivity index (χ1n) is 8.22. The van der Waals surface area contributed by atoms with Crippen molar-refractivity contribution in [2.75, 3.05) is 13.2 Å². The van der Waals surface area contributed by atoms with Gasteiger partial charge in [0.05, 0.1) is 23.0 Å². The molecule has 1 aliphatic rings. The molecule has 0 radical (unpaired) electrons. The summed E-state index contributed by atoms with van der Waals surface area (Å²) in [4.78, 5) is -0.454. The lowest BCUT2D eigenvalue weighted by molar-refractivity contribution is 0.190. The lowest BCUT2D eigenvalue weighted by Gasteiger charge is -2.22. The van der Waals surface area contributed by atoms with Crippen LogP contribution in [-0.4, -0.2) is 39.2 Å². The van der Waals surface area contributed by atoms with Gasteiger partial charge in [-0.2, -0.15) is 16.8 Å². The fourth-order valence-corrected chi connectivity index (χ4v) is 5.05. The Morgan fingerprint density at radius 1 is 0.778 bits per heavy atom. The van der Waals surface area contributed by atoms with Crippen molar-refractivity contribution in [3.63, 3.8) is 0 Å². The van der Waals surface area contributed by atoms with Gasteiger partial charge in [0.2, 0.25) is 0 Å². The highest BCUT2D eigenvalue weighted by Gasteiger charge is 2.37. The lowest BCUT2D eigenvalue weighted by Crippen LogP contribution is -2.16. The van der Waals surface area contributed by atoms with Crippen LogP contribution in [0.15, 0.2) is 46.2 Å². The zero-order valence-corrected chi connectivity index (χ0v) is 16.4. The zero-order chi connectivity index (χ0) is 20.0. The smallest absolute Gasteiger partial charge is 0.294 e. The molecular weight excluding hydrogens is 392 g/mol. The van der Waals surface area contributed by atoms with Crippen molar-refractivity contribution in [2.45, 2.75) is 35.5 Å². The van der Waals surface area contributed by atoms with Crippen LogP contribution in [0.2, 0.25) is 0 Å². The molecule has 7 nitrogen and oxygen atoms in total. The first kappa shape index (κ1) is 20.0. The fraction of sp³-hybridized carbons (Fsp3) is 0.333. The van der Waals surface area contributed by atoms with Crippen molar-refractivity contribution in [3.8, 4) is 0 Å². The van der Waals surface area contributed by atoms with E-state index in [0.29, 0.717) is 11.1 Å². The zero-order valence-electron chi connectivity index (χ0n) is 14.8. The second-order valence-electron chi connectivity index (χ2n) is 6.78. The number of ether oxygens (including phenoxy) is 1. The summed E-state index contributed by atoms with van der Waals surface area (Å²) in [6, 6.07) is 9.11. The van der Waals surface area contributed by atoms with Gasteiger partial charge in [0.15, 0.2) is 0 Å². The average Bonchev–Trinajstić information content (AvgIpc) is 3.01. The van der Waals surface area contributed by atoms with Gasteiger partial charge in [-0.25, -0.2) is 0 Å². The molecule has 1 fully saturated rings. The molecule has 2 aromatic carbocycles. The van der Waals surface area contributed by atoms with Crippen LogP contribution in [0.25, 0.3) is 0 Å². The summed E-state index contributed by atoms with van der Waals surface area (Å²) in [5.74, 6) is -0.992. The van der Waals surface area contributed by atoms with E-state index in [-0.39, 0.29) is 23.0 Å². The maximum atomic E-state index is 11.8. The Bertz CT molecular complexity index is 1000. The summed E-state index contributed by atoms with van der Waals surface area (Å²) in [7, 11) is -8.93. The summed E-state index contributed by atoms with van der Waals surface area (Å²) >= 11 is 0. The highest BCUT2D eigenvalue weighted by molar-refractivity contribution is 7.86. The second-order valence-corrected chi connectivity index (χ2v) is 9.56. The van der Waals surface area contributed by atoms with Gasteiger partial charge in [-0.3, -0.25) is 9.11 Å². The highest BCUT2D eigenvalue weighted by Crippen LogP contribution is 2.43.